The van der Waals surface area contributed by atoms with Crippen LogP contribution in [0.3, 0.4) is 0 Å². The third-order valence-electron chi connectivity index (χ3n) is 2.53. The second-order valence-electron chi connectivity index (χ2n) is 3.74. The summed E-state index contributed by atoms with van der Waals surface area (Å²) in [5, 5.41) is 0. The first-order valence-electron chi connectivity index (χ1n) is 5.39. The average Bonchev–Trinajstić information content (AvgIpc) is 2.38. The van der Waals surface area contributed by atoms with E-state index >= 15 is 0 Å². The molecule has 1 unspecified atom stereocenters. The minimum absolute atomic E-state index is 0.250. The molecule has 0 bridgehead atoms. The first-order chi connectivity index (χ1) is 8.66. The van der Waals surface area contributed by atoms with Gasteiger partial charge in [-0.2, -0.15) is 0 Å². The molecule has 2 aromatic rings. The van der Waals surface area contributed by atoms with E-state index < -0.39 is 11.1 Å². The maximum Gasteiger partial charge on any atom is 0.119 e. The predicted molar refractivity (Wildman–Crippen MR) is 66.9 cm³/mol. The van der Waals surface area contributed by atoms with Crippen LogP contribution in [0.4, 0.5) is 0 Å². The van der Waals surface area contributed by atoms with Crippen LogP contribution in [0.15, 0.2) is 47.5 Å². The highest BCUT2D eigenvalue weighted by molar-refractivity contribution is 7.79. The maximum atomic E-state index is 10.7. The van der Waals surface area contributed by atoms with E-state index in [0.717, 1.165) is 11.3 Å². The van der Waals surface area contributed by atoms with Crippen molar-refractivity contribution >= 4 is 11.1 Å². The van der Waals surface area contributed by atoms with E-state index in [-0.39, 0.29) is 4.90 Å². The number of nitrogens with zero attached hydrogens (tertiary/aromatic N) is 1. The molecule has 4 nitrogen and oxygen atoms in total. The SMILES string of the molecule is Cc1ncccc1COc1ccc(S(=O)[O-])cc1. The van der Waals surface area contributed by atoms with Gasteiger partial charge in [0, 0.05) is 22.3 Å². The summed E-state index contributed by atoms with van der Waals surface area (Å²) in [5.41, 5.74) is 1.93. The van der Waals surface area contributed by atoms with Gasteiger partial charge in [-0.05, 0) is 48.3 Å². The molecule has 0 aliphatic rings. The second-order valence-corrected chi connectivity index (χ2v) is 4.68. The maximum absolute atomic E-state index is 10.7. The highest BCUT2D eigenvalue weighted by atomic mass is 32.2. The molecule has 0 fully saturated rings. The summed E-state index contributed by atoms with van der Waals surface area (Å²) in [6.45, 7) is 2.34. The lowest BCUT2D eigenvalue weighted by Crippen LogP contribution is -1.99. The number of rotatable bonds is 4. The lowest BCUT2D eigenvalue weighted by atomic mass is 10.2. The molecule has 0 spiro atoms. The Morgan fingerprint density at radius 1 is 1.28 bits per heavy atom. The number of hydrogen-bond acceptors (Lipinski definition) is 4. The van der Waals surface area contributed by atoms with Crippen molar-refractivity contribution in [2.75, 3.05) is 0 Å². The molecular formula is C13H12NO3S-. The van der Waals surface area contributed by atoms with Gasteiger partial charge in [-0.25, -0.2) is 0 Å². The largest absolute Gasteiger partial charge is 0.768 e. The van der Waals surface area contributed by atoms with Gasteiger partial charge in [0.05, 0.1) is 0 Å². The van der Waals surface area contributed by atoms with Crippen LogP contribution in [-0.4, -0.2) is 13.7 Å². The Bertz CT molecular complexity index is 554. The first-order valence-corrected chi connectivity index (χ1v) is 6.47. The molecule has 1 aromatic carbocycles. The molecule has 0 saturated heterocycles. The molecule has 1 atom stereocenters. The minimum Gasteiger partial charge on any atom is -0.768 e. The van der Waals surface area contributed by atoms with Crippen LogP contribution in [-0.2, 0) is 17.7 Å². The van der Waals surface area contributed by atoms with Gasteiger partial charge in [-0.3, -0.25) is 9.19 Å². The van der Waals surface area contributed by atoms with Crippen molar-refractivity contribution in [3.05, 3.63) is 53.9 Å². The fourth-order valence-electron chi connectivity index (χ4n) is 1.48. The smallest absolute Gasteiger partial charge is 0.119 e. The van der Waals surface area contributed by atoms with Crippen molar-refractivity contribution in [3.63, 3.8) is 0 Å². The van der Waals surface area contributed by atoms with Crippen molar-refractivity contribution < 1.29 is 13.5 Å². The fraction of sp³-hybridized carbons (Fsp3) is 0.154. The molecule has 94 valence electrons. The lowest BCUT2D eigenvalue weighted by Gasteiger charge is -2.09. The Kier molecular flexibility index (Phi) is 4.07. The van der Waals surface area contributed by atoms with E-state index in [1.54, 1.807) is 18.3 Å². The van der Waals surface area contributed by atoms with Crippen molar-refractivity contribution in [1.82, 2.24) is 4.98 Å². The summed E-state index contributed by atoms with van der Waals surface area (Å²) in [7, 11) is 0. The molecule has 1 aromatic heterocycles. The Labute approximate surface area is 108 Å². The average molecular weight is 262 g/mol. The number of pyridine rings is 1. The molecule has 0 N–H and O–H groups in total. The van der Waals surface area contributed by atoms with Crippen LogP contribution in [0.2, 0.25) is 0 Å². The zero-order valence-corrected chi connectivity index (χ0v) is 10.6. The summed E-state index contributed by atoms with van der Waals surface area (Å²) in [6, 6.07) is 10.1. The second kappa shape index (κ2) is 5.75. The van der Waals surface area contributed by atoms with E-state index in [0.29, 0.717) is 12.4 Å². The summed E-state index contributed by atoms with van der Waals surface area (Å²) < 4.78 is 26.9. The molecule has 1 heterocycles. The highest BCUT2D eigenvalue weighted by Crippen LogP contribution is 2.16. The number of aromatic nitrogens is 1. The topological polar surface area (TPSA) is 62.2 Å². The molecule has 0 saturated carbocycles. The fourth-order valence-corrected chi connectivity index (χ4v) is 1.84. The standard InChI is InChI=1S/C13H13NO3S/c1-10-11(3-2-8-14-10)9-17-12-4-6-13(7-5-12)18(15)16/h2-8H,9H2,1H3,(H,15,16)/p-1. The van der Waals surface area contributed by atoms with Crippen molar-refractivity contribution in [2.45, 2.75) is 18.4 Å². The van der Waals surface area contributed by atoms with Gasteiger partial charge in [0.1, 0.15) is 12.4 Å². The summed E-state index contributed by atoms with van der Waals surface area (Å²) in [5.74, 6) is 0.632. The number of ether oxygens (including phenoxy) is 1. The Morgan fingerprint density at radius 3 is 2.61 bits per heavy atom. The van der Waals surface area contributed by atoms with Crippen LogP contribution in [0.1, 0.15) is 11.3 Å². The highest BCUT2D eigenvalue weighted by Gasteiger charge is 2.00. The quantitative estimate of drug-likeness (QED) is 0.792. The molecule has 0 aliphatic carbocycles. The van der Waals surface area contributed by atoms with E-state index in [9.17, 15) is 8.76 Å². The van der Waals surface area contributed by atoms with Crippen LogP contribution in [0.25, 0.3) is 0 Å². The lowest BCUT2D eigenvalue weighted by molar-refractivity contribution is 0.304. The van der Waals surface area contributed by atoms with E-state index in [4.69, 9.17) is 4.74 Å². The minimum atomic E-state index is -2.20. The van der Waals surface area contributed by atoms with Crippen LogP contribution in [0.5, 0.6) is 5.75 Å². The van der Waals surface area contributed by atoms with Gasteiger partial charge in [0.25, 0.3) is 0 Å². The number of aryl methyl sites for hydroxylation is 1. The van der Waals surface area contributed by atoms with Crippen LogP contribution >= 0.6 is 0 Å². The predicted octanol–water partition coefficient (Wildman–Crippen LogP) is 2.21. The summed E-state index contributed by atoms with van der Waals surface area (Å²) >= 11 is -2.20. The molecule has 0 amide bonds. The normalized spacial score (nSPS) is 12.1. The zero-order chi connectivity index (χ0) is 13.0. The van der Waals surface area contributed by atoms with Gasteiger partial charge in [0.2, 0.25) is 0 Å². The van der Waals surface area contributed by atoms with Gasteiger partial charge >= 0.3 is 0 Å². The Balaban J connectivity index is 2.02. The van der Waals surface area contributed by atoms with Gasteiger partial charge in [-0.1, -0.05) is 6.07 Å². The summed E-state index contributed by atoms with van der Waals surface area (Å²) in [6.07, 6.45) is 1.73. The molecule has 2 rings (SSSR count). The van der Waals surface area contributed by atoms with Gasteiger partial charge in [-0.15, -0.1) is 0 Å². The number of hydrogen-bond donors (Lipinski definition) is 0. The van der Waals surface area contributed by atoms with E-state index in [1.807, 2.05) is 19.1 Å². The van der Waals surface area contributed by atoms with Gasteiger partial charge < -0.3 is 9.29 Å². The van der Waals surface area contributed by atoms with Crippen molar-refractivity contribution in [1.29, 1.82) is 0 Å². The van der Waals surface area contributed by atoms with Crippen LogP contribution in [0, 0.1) is 6.92 Å². The zero-order valence-electron chi connectivity index (χ0n) is 9.83. The monoisotopic (exact) mass is 262 g/mol. The van der Waals surface area contributed by atoms with E-state index in [1.165, 1.54) is 12.1 Å². The third kappa shape index (κ3) is 3.15. The Hall–Kier alpha value is -1.72. The Morgan fingerprint density at radius 2 is 2.00 bits per heavy atom. The third-order valence-corrected chi connectivity index (χ3v) is 3.18. The number of benzene rings is 1. The van der Waals surface area contributed by atoms with Crippen LogP contribution < -0.4 is 4.74 Å². The van der Waals surface area contributed by atoms with E-state index in [2.05, 4.69) is 4.98 Å². The van der Waals surface area contributed by atoms with Crippen molar-refractivity contribution in [3.8, 4) is 5.75 Å². The summed E-state index contributed by atoms with van der Waals surface area (Å²) in [4.78, 5) is 4.42. The molecule has 0 aliphatic heterocycles. The van der Waals surface area contributed by atoms with Crippen molar-refractivity contribution in [2.24, 2.45) is 0 Å². The molecule has 0 radical (unpaired) electrons. The molecule has 18 heavy (non-hydrogen) atoms. The molecular weight excluding hydrogens is 250 g/mol. The van der Waals surface area contributed by atoms with Gasteiger partial charge in [0.15, 0.2) is 0 Å². The molecule has 5 heteroatoms. The first kappa shape index (κ1) is 12.7.